The largest absolute Gasteiger partial charge is 0.415 e. The summed E-state index contributed by atoms with van der Waals surface area (Å²) in [6.07, 6.45) is 1.70. The molecule has 0 saturated carbocycles. The number of thiophene rings is 1. The highest BCUT2D eigenvalue weighted by Crippen LogP contribution is 2.33. The van der Waals surface area contributed by atoms with Crippen molar-refractivity contribution in [1.29, 1.82) is 0 Å². The zero-order valence-electron chi connectivity index (χ0n) is 9.15. The van der Waals surface area contributed by atoms with Crippen LogP contribution in [-0.4, -0.2) is 30.3 Å². The summed E-state index contributed by atoms with van der Waals surface area (Å²) in [5.41, 5.74) is 0. The molecule has 0 N–H and O–H groups in total. The highest BCUT2D eigenvalue weighted by atomic mass is 32.2. The van der Waals surface area contributed by atoms with Crippen LogP contribution in [0, 0.1) is 0 Å². The molecule has 0 aliphatic heterocycles. The molecule has 3 nitrogen and oxygen atoms in total. The van der Waals surface area contributed by atoms with Crippen molar-refractivity contribution in [2.45, 2.75) is 18.1 Å². The van der Waals surface area contributed by atoms with Gasteiger partial charge in [-0.25, -0.2) is 4.79 Å². The Bertz CT molecular complexity index is 321. The van der Waals surface area contributed by atoms with Gasteiger partial charge in [-0.3, -0.25) is 0 Å². The first-order valence-electron chi connectivity index (χ1n) is 4.81. The number of thioether (sulfide) groups is 1. The molecular formula is C10H15NO2S2. The third-order valence-corrected chi connectivity index (χ3v) is 4.05. The molecule has 1 aromatic rings. The molecule has 0 bridgehead atoms. The van der Waals surface area contributed by atoms with Crippen molar-refractivity contribution in [1.82, 2.24) is 4.90 Å². The Kier molecular flexibility index (Phi) is 4.98. The van der Waals surface area contributed by atoms with E-state index >= 15 is 0 Å². The van der Waals surface area contributed by atoms with Gasteiger partial charge in [0.15, 0.2) is 5.75 Å². The normalized spacial score (nSPS) is 10.1. The van der Waals surface area contributed by atoms with E-state index in [2.05, 4.69) is 0 Å². The molecule has 0 unspecified atom stereocenters. The van der Waals surface area contributed by atoms with E-state index in [0.717, 1.165) is 4.21 Å². The molecule has 0 aromatic carbocycles. The molecule has 0 aliphatic carbocycles. The van der Waals surface area contributed by atoms with E-state index in [1.54, 1.807) is 28.0 Å². The van der Waals surface area contributed by atoms with Crippen molar-refractivity contribution in [2.75, 3.05) is 19.3 Å². The van der Waals surface area contributed by atoms with Crippen LogP contribution in [0.1, 0.15) is 13.8 Å². The van der Waals surface area contributed by atoms with Gasteiger partial charge in [0.2, 0.25) is 0 Å². The van der Waals surface area contributed by atoms with Gasteiger partial charge in [-0.05, 0) is 31.5 Å². The van der Waals surface area contributed by atoms with Crippen molar-refractivity contribution < 1.29 is 9.53 Å². The zero-order valence-corrected chi connectivity index (χ0v) is 10.8. The van der Waals surface area contributed by atoms with E-state index in [-0.39, 0.29) is 6.09 Å². The molecule has 1 aromatic heterocycles. The van der Waals surface area contributed by atoms with Crippen LogP contribution < -0.4 is 4.74 Å². The molecule has 0 fully saturated rings. The van der Waals surface area contributed by atoms with Crippen molar-refractivity contribution in [3.05, 3.63) is 11.4 Å². The summed E-state index contributed by atoms with van der Waals surface area (Å²) in [5, 5.41) is 1.93. The third-order valence-electron chi connectivity index (χ3n) is 2.00. The maximum Gasteiger partial charge on any atom is 0.415 e. The van der Waals surface area contributed by atoms with Gasteiger partial charge < -0.3 is 9.64 Å². The second-order valence-corrected chi connectivity index (χ2v) is 4.81. The average molecular weight is 245 g/mol. The first-order valence-corrected chi connectivity index (χ1v) is 6.91. The van der Waals surface area contributed by atoms with Gasteiger partial charge in [-0.15, -0.1) is 23.1 Å². The highest BCUT2D eigenvalue weighted by molar-refractivity contribution is 8.00. The summed E-state index contributed by atoms with van der Waals surface area (Å²) in [4.78, 5) is 13.3. The minimum absolute atomic E-state index is 0.270. The number of nitrogens with zero attached hydrogens (tertiary/aromatic N) is 1. The number of carbonyl (C=O) groups is 1. The number of carbonyl (C=O) groups excluding carboxylic acids is 1. The van der Waals surface area contributed by atoms with Crippen LogP contribution in [0.25, 0.3) is 0 Å². The van der Waals surface area contributed by atoms with Gasteiger partial charge in [0.1, 0.15) is 4.21 Å². The van der Waals surface area contributed by atoms with Crippen LogP contribution in [0.15, 0.2) is 15.7 Å². The quantitative estimate of drug-likeness (QED) is 0.762. The molecule has 1 rings (SSSR count). The Morgan fingerprint density at radius 2 is 2.20 bits per heavy atom. The van der Waals surface area contributed by atoms with Gasteiger partial charge in [0.05, 0.1) is 0 Å². The first-order chi connectivity index (χ1) is 7.22. The zero-order chi connectivity index (χ0) is 11.3. The van der Waals surface area contributed by atoms with E-state index in [1.807, 2.05) is 31.5 Å². The number of rotatable bonds is 4. The van der Waals surface area contributed by atoms with Crippen molar-refractivity contribution in [2.24, 2.45) is 0 Å². The van der Waals surface area contributed by atoms with E-state index in [4.69, 9.17) is 4.74 Å². The van der Waals surface area contributed by atoms with Crippen LogP contribution in [0.3, 0.4) is 0 Å². The standard InChI is InChI=1S/C10H15NO2S2/c1-4-11(5-2)10(12)13-8-6-7-15-9(8)14-3/h6-7H,4-5H2,1-3H3. The maximum absolute atomic E-state index is 11.6. The van der Waals surface area contributed by atoms with E-state index in [9.17, 15) is 4.79 Å². The molecule has 5 heteroatoms. The van der Waals surface area contributed by atoms with Gasteiger partial charge >= 0.3 is 6.09 Å². The fourth-order valence-electron chi connectivity index (χ4n) is 1.15. The van der Waals surface area contributed by atoms with Gasteiger partial charge in [-0.1, -0.05) is 0 Å². The minimum atomic E-state index is -0.270. The Morgan fingerprint density at radius 1 is 1.53 bits per heavy atom. The Balaban J connectivity index is 2.65. The SMILES string of the molecule is CCN(CC)C(=O)Oc1ccsc1SC. The van der Waals surface area contributed by atoms with Crippen molar-refractivity contribution >= 4 is 29.2 Å². The monoisotopic (exact) mass is 245 g/mol. The maximum atomic E-state index is 11.6. The first kappa shape index (κ1) is 12.4. The Labute approximate surface area is 98.4 Å². The van der Waals surface area contributed by atoms with E-state index < -0.39 is 0 Å². The molecule has 0 radical (unpaired) electrons. The summed E-state index contributed by atoms with van der Waals surface area (Å²) < 4.78 is 6.33. The summed E-state index contributed by atoms with van der Waals surface area (Å²) in [6.45, 7) is 5.23. The summed E-state index contributed by atoms with van der Waals surface area (Å²) in [7, 11) is 0. The lowest BCUT2D eigenvalue weighted by molar-refractivity contribution is 0.156. The smallest absolute Gasteiger partial charge is 0.408 e. The van der Waals surface area contributed by atoms with E-state index in [0.29, 0.717) is 18.8 Å². The van der Waals surface area contributed by atoms with Gasteiger partial charge in [-0.2, -0.15) is 0 Å². The average Bonchev–Trinajstić information content (AvgIpc) is 2.67. The molecule has 1 heterocycles. The second-order valence-electron chi connectivity index (χ2n) is 2.82. The van der Waals surface area contributed by atoms with Crippen LogP contribution in [0.4, 0.5) is 4.79 Å². The second kappa shape index (κ2) is 6.02. The van der Waals surface area contributed by atoms with Crippen LogP contribution in [-0.2, 0) is 0 Å². The number of amides is 1. The molecular weight excluding hydrogens is 230 g/mol. The summed E-state index contributed by atoms with van der Waals surface area (Å²) in [5.74, 6) is 0.671. The number of hydrogen-bond donors (Lipinski definition) is 0. The minimum Gasteiger partial charge on any atom is -0.408 e. The van der Waals surface area contributed by atoms with Gasteiger partial charge in [0, 0.05) is 13.1 Å². The molecule has 1 amide bonds. The molecule has 15 heavy (non-hydrogen) atoms. The lowest BCUT2D eigenvalue weighted by Crippen LogP contribution is -2.33. The van der Waals surface area contributed by atoms with Gasteiger partial charge in [0.25, 0.3) is 0 Å². The Morgan fingerprint density at radius 3 is 2.73 bits per heavy atom. The van der Waals surface area contributed by atoms with Crippen molar-refractivity contribution in [3.8, 4) is 5.75 Å². The molecule has 0 spiro atoms. The molecule has 84 valence electrons. The third kappa shape index (κ3) is 3.14. The predicted molar refractivity (Wildman–Crippen MR) is 65.0 cm³/mol. The fraction of sp³-hybridized carbons (Fsp3) is 0.500. The lowest BCUT2D eigenvalue weighted by Gasteiger charge is -2.17. The fourth-order valence-corrected chi connectivity index (χ4v) is 2.55. The van der Waals surface area contributed by atoms with E-state index in [1.165, 1.54) is 0 Å². The Hall–Kier alpha value is -0.680. The molecule has 0 atom stereocenters. The predicted octanol–water partition coefficient (Wildman–Crippen LogP) is 3.31. The highest BCUT2D eigenvalue weighted by Gasteiger charge is 2.14. The summed E-state index contributed by atoms with van der Waals surface area (Å²) in [6, 6.07) is 1.83. The van der Waals surface area contributed by atoms with Crippen LogP contribution in [0.2, 0.25) is 0 Å². The number of ether oxygens (including phenoxy) is 1. The topological polar surface area (TPSA) is 29.5 Å². The summed E-state index contributed by atoms with van der Waals surface area (Å²) >= 11 is 3.18. The molecule has 0 saturated heterocycles. The van der Waals surface area contributed by atoms with Crippen LogP contribution in [0.5, 0.6) is 5.75 Å². The number of hydrogen-bond acceptors (Lipinski definition) is 4. The lowest BCUT2D eigenvalue weighted by atomic mass is 10.5. The molecule has 0 aliphatic rings. The van der Waals surface area contributed by atoms with Crippen molar-refractivity contribution in [3.63, 3.8) is 0 Å². The van der Waals surface area contributed by atoms with Crippen LogP contribution >= 0.6 is 23.1 Å².